The number of allylic oxidation sites excluding steroid dienone is 2. The predicted octanol–water partition coefficient (Wildman–Crippen LogP) is 6.15. The van der Waals surface area contributed by atoms with Gasteiger partial charge in [0.2, 0.25) is 0 Å². The van der Waals surface area contributed by atoms with Crippen LogP contribution in [-0.4, -0.2) is 27.2 Å². The van der Waals surface area contributed by atoms with Crippen molar-refractivity contribution < 1.29 is 19.3 Å². The molecule has 1 aromatic rings. The van der Waals surface area contributed by atoms with E-state index in [1.54, 1.807) is 0 Å². The summed E-state index contributed by atoms with van der Waals surface area (Å²) in [6.07, 6.45) is 9.22. The van der Waals surface area contributed by atoms with Crippen LogP contribution in [0.15, 0.2) is 16.3 Å². The summed E-state index contributed by atoms with van der Waals surface area (Å²) in [6, 6.07) is 0. The fourth-order valence-electron chi connectivity index (χ4n) is 10.5. The summed E-state index contributed by atoms with van der Waals surface area (Å²) in [5, 5.41) is 18.7. The molecule has 3 saturated carbocycles. The molecule has 0 amide bonds. The van der Waals surface area contributed by atoms with Crippen molar-refractivity contribution in [1.29, 1.82) is 0 Å². The van der Waals surface area contributed by atoms with Gasteiger partial charge < -0.3 is 5.11 Å². The molecule has 196 valence electrons. The molecule has 6 heteroatoms. The van der Waals surface area contributed by atoms with Crippen LogP contribution in [0.4, 0.5) is 0 Å². The van der Waals surface area contributed by atoms with Gasteiger partial charge in [0.05, 0.1) is 5.41 Å². The fraction of sp³-hybridized carbons (Fsp3) is 0.800. The third-order valence-corrected chi connectivity index (χ3v) is 12.9. The molecule has 0 unspecified atom stereocenters. The Kier molecular flexibility index (Phi) is 4.67. The van der Waals surface area contributed by atoms with Crippen molar-refractivity contribution in [2.75, 3.05) is 0 Å². The number of carboxylic acids is 1. The average molecular weight is 495 g/mol. The number of carbonyl (C=O) groups is 2. The van der Waals surface area contributed by atoms with Crippen LogP contribution in [0.1, 0.15) is 105 Å². The lowest BCUT2D eigenvalue weighted by Crippen LogP contribution is -2.66. The highest BCUT2D eigenvalue weighted by Crippen LogP contribution is 2.74. The molecule has 0 aliphatic heterocycles. The van der Waals surface area contributed by atoms with Crippen LogP contribution in [-0.2, 0) is 21.4 Å². The quantitative estimate of drug-likeness (QED) is 0.503. The average Bonchev–Trinajstić information content (AvgIpc) is 3.25. The highest BCUT2D eigenvalue weighted by Gasteiger charge is 2.70. The van der Waals surface area contributed by atoms with Gasteiger partial charge in [0.25, 0.3) is 0 Å². The van der Waals surface area contributed by atoms with Gasteiger partial charge in [0.1, 0.15) is 11.4 Å². The number of fused-ring (bicyclic) bond motifs is 8. The van der Waals surface area contributed by atoms with Crippen LogP contribution >= 0.6 is 0 Å². The third kappa shape index (κ3) is 2.69. The molecule has 0 bridgehead atoms. The van der Waals surface area contributed by atoms with Gasteiger partial charge in [0, 0.05) is 17.8 Å². The molecule has 1 N–H and O–H groups in total. The minimum Gasteiger partial charge on any atom is -0.481 e. The zero-order valence-electron chi connectivity index (χ0n) is 23.0. The maximum atomic E-state index is 14.4. The molecule has 0 radical (unpaired) electrons. The maximum Gasteiger partial charge on any atom is 0.309 e. The van der Waals surface area contributed by atoms with E-state index < -0.39 is 11.4 Å². The second-order valence-electron chi connectivity index (χ2n) is 15.0. The number of aromatic nitrogens is 2. The van der Waals surface area contributed by atoms with Gasteiger partial charge in [-0.25, -0.2) is 4.63 Å². The SMILES string of the molecule is CC1(C)c2nonc2C[C@]2(C)[C@H]3C(=O)C=C4[C@@H]5C[C@@](C)(C(=O)O)CC[C@]5(C)CC[C@@]4(C)[C@]3(C)CC[C@@H]12. The van der Waals surface area contributed by atoms with Crippen LogP contribution in [0.5, 0.6) is 0 Å². The van der Waals surface area contributed by atoms with Crippen molar-refractivity contribution in [2.45, 2.75) is 105 Å². The molecule has 36 heavy (non-hydrogen) atoms. The summed E-state index contributed by atoms with van der Waals surface area (Å²) in [5.74, 6) is -0.0744. The number of hydrogen-bond acceptors (Lipinski definition) is 5. The summed E-state index contributed by atoms with van der Waals surface area (Å²) in [6.45, 7) is 15.9. The van der Waals surface area contributed by atoms with Crippen LogP contribution < -0.4 is 0 Å². The Morgan fingerprint density at radius 1 is 1.00 bits per heavy atom. The van der Waals surface area contributed by atoms with E-state index in [0.29, 0.717) is 12.3 Å². The van der Waals surface area contributed by atoms with E-state index in [9.17, 15) is 14.7 Å². The number of hydrogen-bond donors (Lipinski definition) is 1. The van der Waals surface area contributed by atoms with Crippen LogP contribution in [0.3, 0.4) is 0 Å². The summed E-state index contributed by atoms with van der Waals surface area (Å²) >= 11 is 0. The van der Waals surface area contributed by atoms with Gasteiger partial charge in [-0.05, 0) is 91.4 Å². The number of nitrogens with zero attached hydrogens (tertiary/aromatic N) is 2. The van der Waals surface area contributed by atoms with E-state index in [2.05, 4.69) is 51.9 Å². The van der Waals surface area contributed by atoms with Crippen LogP contribution in [0.2, 0.25) is 0 Å². The molecular formula is C30H42N2O4. The van der Waals surface area contributed by atoms with E-state index in [1.807, 2.05) is 13.0 Å². The molecule has 0 spiro atoms. The van der Waals surface area contributed by atoms with E-state index in [-0.39, 0.29) is 44.7 Å². The van der Waals surface area contributed by atoms with Crippen molar-refractivity contribution in [1.82, 2.24) is 10.3 Å². The molecule has 6 nitrogen and oxygen atoms in total. The summed E-state index contributed by atoms with van der Waals surface area (Å²) in [7, 11) is 0. The predicted molar refractivity (Wildman–Crippen MR) is 135 cm³/mol. The Morgan fingerprint density at radius 2 is 1.69 bits per heavy atom. The number of carboxylic acid groups (broad SMARTS) is 1. The summed E-state index contributed by atoms with van der Waals surface area (Å²) in [5.41, 5.74) is 1.75. The van der Waals surface area contributed by atoms with E-state index in [1.165, 1.54) is 5.57 Å². The van der Waals surface area contributed by atoms with Gasteiger partial charge in [0.15, 0.2) is 5.78 Å². The minimum atomic E-state index is -0.725. The zero-order chi connectivity index (χ0) is 26.1. The first-order valence-electron chi connectivity index (χ1n) is 13.9. The molecule has 8 atom stereocenters. The summed E-state index contributed by atoms with van der Waals surface area (Å²) in [4.78, 5) is 26.7. The number of ketones is 1. The normalized spacial score (nSPS) is 49.0. The van der Waals surface area contributed by atoms with E-state index >= 15 is 0 Å². The van der Waals surface area contributed by atoms with Crippen molar-refractivity contribution in [3.8, 4) is 0 Å². The first kappa shape index (κ1) is 24.4. The molecule has 3 fully saturated rings. The lowest BCUT2D eigenvalue weighted by molar-refractivity contribution is -0.173. The molecular weight excluding hydrogens is 452 g/mol. The number of rotatable bonds is 1. The van der Waals surface area contributed by atoms with Crippen LogP contribution in [0, 0.1) is 44.8 Å². The second kappa shape index (κ2) is 6.91. The first-order chi connectivity index (χ1) is 16.6. The highest BCUT2D eigenvalue weighted by atomic mass is 16.6. The Labute approximate surface area is 214 Å². The first-order valence-corrected chi connectivity index (χ1v) is 13.9. The Balaban J connectivity index is 1.49. The Morgan fingerprint density at radius 3 is 2.39 bits per heavy atom. The molecule has 5 aliphatic rings. The zero-order valence-corrected chi connectivity index (χ0v) is 23.0. The molecule has 6 rings (SSSR count). The largest absolute Gasteiger partial charge is 0.481 e. The fourth-order valence-corrected chi connectivity index (χ4v) is 10.5. The lowest BCUT2D eigenvalue weighted by atomic mass is 9.33. The summed E-state index contributed by atoms with van der Waals surface area (Å²) < 4.78 is 5.21. The Bertz CT molecular complexity index is 1200. The monoisotopic (exact) mass is 494 g/mol. The van der Waals surface area contributed by atoms with Crippen LogP contribution in [0.25, 0.3) is 0 Å². The van der Waals surface area contributed by atoms with Gasteiger partial charge in [-0.1, -0.05) is 57.4 Å². The third-order valence-electron chi connectivity index (χ3n) is 12.9. The second-order valence-corrected chi connectivity index (χ2v) is 15.0. The molecule has 1 aromatic heterocycles. The topological polar surface area (TPSA) is 93.3 Å². The van der Waals surface area contributed by atoms with Gasteiger partial charge in [-0.3, -0.25) is 9.59 Å². The van der Waals surface area contributed by atoms with E-state index in [0.717, 1.165) is 56.3 Å². The standard InChI is InChI=1S/C30H42N2O4/c1-25(2)21-8-9-30(7)22(28(21,5)16-19-23(25)32-36-31-19)20(33)14-17-18-15-27(4,24(34)35)11-10-26(18,3)12-13-29(17,30)6/h14,18,21-22H,8-13,15-16H2,1-7H3,(H,34,35)/t18-,21-,22+,26+,27-,28-,29+,30+/m0/s1. The smallest absolute Gasteiger partial charge is 0.309 e. The number of carbonyl (C=O) groups excluding carboxylic acids is 1. The molecule has 0 saturated heterocycles. The number of aliphatic carboxylic acids is 1. The minimum absolute atomic E-state index is 0.0684. The molecule has 5 aliphatic carbocycles. The molecule has 1 heterocycles. The van der Waals surface area contributed by atoms with Crippen molar-refractivity contribution >= 4 is 11.8 Å². The van der Waals surface area contributed by atoms with Gasteiger partial charge in [-0.15, -0.1) is 0 Å². The highest BCUT2D eigenvalue weighted by molar-refractivity contribution is 5.96. The van der Waals surface area contributed by atoms with Crippen molar-refractivity contribution in [3.63, 3.8) is 0 Å². The van der Waals surface area contributed by atoms with Gasteiger partial charge in [-0.2, -0.15) is 0 Å². The molecule has 0 aromatic carbocycles. The van der Waals surface area contributed by atoms with Crippen molar-refractivity contribution in [2.24, 2.45) is 44.8 Å². The maximum absolute atomic E-state index is 14.4. The van der Waals surface area contributed by atoms with Crippen molar-refractivity contribution in [3.05, 3.63) is 23.0 Å². The van der Waals surface area contributed by atoms with Gasteiger partial charge >= 0.3 is 5.97 Å². The Hall–Kier alpha value is -1.98. The lowest BCUT2D eigenvalue weighted by Gasteiger charge is -2.69. The van der Waals surface area contributed by atoms with E-state index in [4.69, 9.17) is 4.63 Å².